The molecule has 23 heavy (non-hydrogen) atoms. The Labute approximate surface area is 132 Å². The maximum absolute atomic E-state index is 12.6. The Morgan fingerprint density at radius 3 is 2.61 bits per heavy atom. The number of hydrogen-bond acceptors (Lipinski definition) is 6. The largest absolute Gasteiger partial charge is 0.364 e. The summed E-state index contributed by atoms with van der Waals surface area (Å²) in [5.41, 5.74) is 0.509. The summed E-state index contributed by atoms with van der Waals surface area (Å²) in [6, 6.07) is 2.95. The van der Waals surface area contributed by atoms with Crippen molar-refractivity contribution in [2.75, 3.05) is 13.1 Å². The molecule has 8 nitrogen and oxygen atoms in total. The molecule has 0 radical (unpaired) electrons. The van der Waals surface area contributed by atoms with Gasteiger partial charge >= 0.3 is 0 Å². The van der Waals surface area contributed by atoms with Gasteiger partial charge in [0.05, 0.1) is 6.04 Å². The van der Waals surface area contributed by atoms with E-state index < -0.39 is 0 Å². The summed E-state index contributed by atoms with van der Waals surface area (Å²) in [5, 5.41) is 10.1. The Morgan fingerprint density at radius 1 is 1.26 bits per heavy atom. The molecule has 1 fully saturated rings. The molecule has 1 aliphatic rings. The van der Waals surface area contributed by atoms with Gasteiger partial charge in [0.15, 0.2) is 11.4 Å². The number of hydrogen-bond donors (Lipinski definition) is 1. The van der Waals surface area contributed by atoms with E-state index in [0.29, 0.717) is 13.1 Å². The smallest absolute Gasteiger partial charge is 0.276 e. The van der Waals surface area contributed by atoms with Crippen molar-refractivity contribution in [2.45, 2.75) is 25.8 Å². The zero-order valence-electron chi connectivity index (χ0n) is 12.8. The van der Waals surface area contributed by atoms with Gasteiger partial charge in [-0.1, -0.05) is 17.2 Å². The monoisotopic (exact) mass is 318 g/mol. The minimum Gasteiger partial charge on any atom is -0.364 e. The Morgan fingerprint density at radius 2 is 1.96 bits per heavy atom. The van der Waals surface area contributed by atoms with Crippen LogP contribution in [-0.2, 0) is 0 Å². The summed E-state index contributed by atoms with van der Waals surface area (Å²) < 4.78 is 9.41. The van der Waals surface area contributed by atoms with E-state index >= 15 is 0 Å². The second-order valence-electron chi connectivity index (χ2n) is 5.66. The fourth-order valence-electron chi connectivity index (χ4n) is 2.90. The number of aromatic nitrogens is 2. The molecule has 1 N–H and O–H groups in total. The summed E-state index contributed by atoms with van der Waals surface area (Å²) in [6.07, 6.45) is 4.66. The van der Waals surface area contributed by atoms with Crippen LogP contribution in [-0.4, -0.2) is 46.2 Å². The molecule has 0 bridgehead atoms. The van der Waals surface area contributed by atoms with Crippen molar-refractivity contribution < 1.29 is 18.6 Å². The van der Waals surface area contributed by atoms with Gasteiger partial charge in [-0.3, -0.25) is 9.59 Å². The molecule has 0 unspecified atom stereocenters. The van der Waals surface area contributed by atoms with Gasteiger partial charge in [-0.05, 0) is 18.8 Å². The zero-order valence-corrected chi connectivity index (χ0v) is 12.8. The third kappa shape index (κ3) is 3.25. The van der Waals surface area contributed by atoms with Crippen LogP contribution in [0.25, 0.3) is 0 Å². The van der Waals surface area contributed by atoms with Crippen molar-refractivity contribution in [1.82, 2.24) is 20.5 Å². The molecule has 2 aromatic heterocycles. The van der Waals surface area contributed by atoms with Gasteiger partial charge in [-0.15, -0.1) is 0 Å². The van der Waals surface area contributed by atoms with Gasteiger partial charge in [-0.25, -0.2) is 0 Å². The molecule has 0 spiro atoms. The number of amides is 2. The first-order valence-corrected chi connectivity index (χ1v) is 7.56. The standard InChI is InChI=1S/C15H18N4O4/c1-10-3-2-6-19(15(21)12-5-8-23-18-12)13(10)9-16-14(20)11-4-7-22-17-11/h4-5,7-8,10,13H,2-3,6,9H2,1H3,(H,16,20)/t10-,13-/m0/s1. The average molecular weight is 318 g/mol. The number of nitrogens with zero attached hydrogens (tertiary/aromatic N) is 3. The van der Waals surface area contributed by atoms with E-state index in [2.05, 4.69) is 27.1 Å². The third-order valence-corrected chi connectivity index (χ3v) is 4.18. The summed E-state index contributed by atoms with van der Waals surface area (Å²) >= 11 is 0. The number of nitrogens with one attached hydrogen (secondary N) is 1. The topological polar surface area (TPSA) is 101 Å². The molecule has 0 aliphatic carbocycles. The van der Waals surface area contributed by atoms with E-state index in [9.17, 15) is 9.59 Å². The molecule has 1 aliphatic heterocycles. The number of carbonyl (C=O) groups is 2. The van der Waals surface area contributed by atoms with Crippen LogP contribution in [0.2, 0.25) is 0 Å². The first-order valence-electron chi connectivity index (χ1n) is 7.56. The highest BCUT2D eigenvalue weighted by atomic mass is 16.5. The third-order valence-electron chi connectivity index (χ3n) is 4.18. The van der Waals surface area contributed by atoms with Crippen molar-refractivity contribution >= 4 is 11.8 Å². The van der Waals surface area contributed by atoms with Crippen molar-refractivity contribution in [3.63, 3.8) is 0 Å². The quantitative estimate of drug-likeness (QED) is 0.912. The Hall–Kier alpha value is -2.64. The lowest BCUT2D eigenvalue weighted by atomic mass is 9.90. The van der Waals surface area contributed by atoms with E-state index in [-0.39, 0.29) is 35.2 Å². The first-order chi connectivity index (χ1) is 11.2. The molecule has 0 saturated carbocycles. The van der Waals surface area contributed by atoms with Crippen LogP contribution in [0, 0.1) is 5.92 Å². The maximum atomic E-state index is 12.6. The number of likely N-dealkylation sites (tertiary alicyclic amines) is 1. The van der Waals surface area contributed by atoms with Gasteiger partial charge in [0, 0.05) is 25.2 Å². The van der Waals surface area contributed by atoms with Crippen molar-refractivity contribution in [3.8, 4) is 0 Å². The predicted octanol–water partition coefficient (Wildman–Crippen LogP) is 1.33. The molecule has 3 heterocycles. The molecule has 1 saturated heterocycles. The van der Waals surface area contributed by atoms with Gasteiger partial charge in [0.1, 0.15) is 12.5 Å². The molecular weight excluding hydrogens is 300 g/mol. The van der Waals surface area contributed by atoms with Crippen LogP contribution < -0.4 is 5.32 Å². The Kier molecular flexibility index (Phi) is 4.40. The summed E-state index contributed by atoms with van der Waals surface area (Å²) in [4.78, 5) is 26.3. The SMILES string of the molecule is C[C@H]1CCCN(C(=O)c2ccon2)[C@H]1CNC(=O)c1ccon1. The fourth-order valence-corrected chi connectivity index (χ4v) is 2.90. The lowest BCUT2D eigenvalue weighted by molar-refractivity contribution is 0.0497. The normalized spacial score (nSPS) is 21.2. The molecule has 3 rings (SSSR count). The molecule has 8 heteroatoms. The predicted molar refractivity (Wildman–Crippen MR) is 78.6 cm³/mol. The summed E-state index contributed by atoms with van der Waals surface area (Å²) in [7, 11) is 0. The second kappa shape index (κ2) is 6.64. The average Bonchev–Trinajstić information content (AvgIpc) is 3.25. The van der Waals surface area contributed by atoms with Gasteiger partial charge < -0.3 is 19.3 Å². The lowest BCUT2D eigenvalue weighted by Crippen LogP contribution is -2.53. The molecule has 2 aromatic rings. The minimum atomic E-state index is -0.314. The van der Waals surface area contributed by atoms with Crippen LogP contribution in [0.15, 0.2) is 33.7 Å². The number of piperidine rings is 1. The van der Waals surface area contributed by atoms with E-state index in [1.54, 1.807) is 11.0 Å². The summed E-state index contributed by atoms with van der Waals surface area (Å²) in [5.74, 6) is -0.214. The van der Waals surface area contributed by atoms with E-state index in [1.165, 1.54) is 18.6 Å². The highest BCUT2D eigenvalue weighted by Gasteiger charge is 2.33. The highest BCUT2D eigenvalue weighted by molar-refractivity contribution is 5.93. The van der Waals surface area contributed by atoms with E-state index in [0.717, 1.165) is 12.8 Å². The molecule has 2 atom stereocenters. The Bertz CT molecular complexity index is 653. The minimum absolute atomic E-state index is 0.0937. The van der Waals surface area contributed by atoms with Crippen molar-refractivity contribution in [1.29, 1.82) is 0 Å². The molecule has 122 valence electrons. The van der Waals surface area contributed by atoms with E-state index in [4.69, 9.17) is 4.52 Å². The fraction of sp³-hybridized carbons (Fsp3) is 0.467. The molecule has 2 amide bonds. The van der Waals surface area contributed by atoms with Gasteiger partial charge in [-0.2, -0.15) is 0 Å². The van der Waals surface area contributed by atoms with E-state index in [1.807, 2.05) is 0 Å². The molecular formula is C15H18N4O4. The number of carbonyl (C=O) groups excluding carboxylic acids is 2. The lowest BCUT2D eigenvalue weighted by Gasteiger charge is -2.39. The van der Waals surface area contributed by atoms with Crippen LogP contribution in [0.3, 0.4) is 0 Å². The van der Waals surface area contributed by atoms with Crippen molar-refractivity contribution in [3.05, 3.63) is 36.0 Å². The highest BCUT2D eigenvalue weighted by Crippen LogP contribution is 2.24. The van der Waals surface area contributed by atoms with Crippen LogP contribution in [0.4, 0.5) is 0 Å². The zero-order chi connectivity index (χ0) is 16.2. The van der Waals surface area contributed by atoms with Gasteiger partial charge in [0.2, 0.25) is 0 Å². The van der Waals surface area contributed by atoms with Crippen LogP contribution >= 0.6 is 0 Å². The second-order valence-corrected chi connectivity index (χ2v) is 5.66. The summed E-state index contributed by atoms with van der Waals surface area (Å²) in [6.45, 7) is 3.08. The number of rotatable bonds is 4. The Balaban J connectivity index is 1.68. The molecule has 0 aromatic carbocycles. The van der Waals surface area contributed by atoms with Crippen LogP contribution in [0.5, 0.6) is 0 Å². The maximum Gasteiger partial charge on any atom is 0.276 e. The first kappa shape index (κ1) is 15.3. The van der Waals surface area contributed by atoms with Gasteiger partial charge in [0.25, 0.3) is 11.8 Å². The van der Waals surface area contributed by atoms with Crippen LogP contribution in [0.1, 0.15) is 40.7 Å². The van der Waals surface area contributed by atoms with Crippen molar-refractivity contribution in [2.24, 2.45) is 5.92 Å².